The van der Waals surface area contributed by atoms with Crippen LogP contribution < -0.4 is 10.6 Å². The first-order valence-corrected chi connectivity index (χ1v) is 11.6. The first-order valence-electron chi connectivity index (χ1n) is 11.6. The average Bonchev–Trinajstić information content (AvgIpc) is 2.85. The maximum Gasteiger partial charge on any atom is 0.330 e. The van der Waals surface area contributed by atoms with Gasteiger partial charge >= 0.3 is 12.1 Å². The number of nitrogens with one attached hydrogen (secondary N) is 2. The van der Waals surface area contributed by atoms with Crippen molar-refractivity contribution in [2.45, 2.75) is 65.2 Å². The highest BCUT2D eigenvalue weighted by atomic mass is 16.2. The van der Waals surface area contributed by atoms with Gasteiger partial charge in [-0.15, -0.1) is 0 Å². The van der Waals surface area contributed by atoms with Crippen LogP contribution in [0, 0.1) is 10.8 Å². The number of barbiturate groups is 2. The molecule has 0 radical (unpaired) electrons. The van der Waals surface area contributed by atoms with E-state index in [-0.39, 0.29) is 0 Å². The van der Waals surface area contributed by atoms with Gasteiger partial charge < -0.3 is 0 Å². The van der Waals surface area contributed by atoms with Crippen LogP contribution in [-0.4, -0.2) is 59.6 Å². The van der Waals surface area contributed by atoms with Crippen molar-refractivity contribution >= 4 is 35.7 Å². The average molecular weight is 473 g/mol. The van der Waals surface area contributed by atoms with E-state index in [4.69, 9.17) is 0 Å². The molecule has 0 aromatic carbocycles. The molecule has 2 N–H and O–H groups in total. The Bertz CT molecular complexity index is 935. The third-order valence-corrected chi connectivity index (χ3v) is 7.29. The first-order chi connectivity index (χ1) is 16.0. The molecule has 0 spiro atoms. The minimum absolute atomic E-state index is 0.431. The first kappa shape index (κ1) is 25.3. The van der Waals surface area contributed by atoms with Gasteiger partial charge in [0.05, 0.1) is 0 Å². The highest BCUT2D eigenvalue weighted by Gasteiger charge is 2.52. The Hall–Kier alpha value is -3.30. The van der Waals surface area contributed by atoms with Crippen LogP contribution in [0.4, 0.5) is 9.59 Å². The highest BCUT2D eigenvalue weighted by molar-refractivity contribution is 6.21. The second-order valence-electron chi connectivity index (χ2n) is 9.45. The van der Waals surface area contributed by atoms with Crippen LogP contribution in [0.15, 0.2) is 23.3 Å². The van der Waals surface area contributed by atoms with Crippen molar-refractivity contribution in [2.75, 3.05) is 14.1 Å². The summed E-state index contributed by atoms with van der Waals surface area (Å²) in [5.41, 5.74) is -0.734. The second-order valence-corrected chi connectivity index (χ2v) is 9.45. The second kappa shape index (κ2) is 9.52. The molecule has 0 aromatic heterocycles. The van der Waals surface area contributed by atoms with Gasteiger partial charge in [0.1, 0.15) is 10.8 Å². The molecule has 34 heavy (non-hydrogen) atoms. The van der Waals surface area contributed by atoms with E-state index < -0.39 is 46.5 Å². The SMILES string of the molecule is CN1C(=O)NC(=O)C(C)(C2=CCCCC2)C1=O.CN1C(=O)NC(=O)C(C)(C2=CCCCC2)C1=O. The minimum atomic E-state index is -1.21. The number of hydrogen-bond donors (Lipinski definition) is 2. The van der Waals surface area contributed by atoms with Crippen molar-refractivity contribution in [1.29, 1.82) is 0 Å². The van der Waals surface area contributed by atoms with Crippen LogP contribution in [0.2, 0.25) is 0 Å². The quantitative estimate of drug-likeness (QED) is 0.468. The lowest BCUT2D eigenvalue weighted by molar-refractivity contribution is -0.148. The molecule has 2 aliphatic heterocycles. The fourth-order valence-corrected chi connectivity index (χ4v) is 4.81. The molecule has 184 valence electrons. The summed E-state index contributed by atoms with van der Waals surface area (Å²) in [4.78, 5) is 72.9. The summed E-state index contributed by atoms with van der Waals surface area (Å²) in [6.07, 6.45) is 11.4. The van der Waals surface area contributed by atoms with Crippen molar-refractivity contribution in [2.24, 2.45) is 10.8 Å². The Kier molecular flexibility index (Phi) is 7.09. The van der Waals surface area contributed by atoms with E-state index >= 15 is 0 Å². The molecule has 4 aliphatic rings. The van der Waals surface area contributed by atoms with Gasteiger partial charge in [0.25, 0.3) is 0 Å². The molecule has 0 aromatic rings. The molecule has 0 saturated carbocycles. The molecular formula is C24H32N4O6. The van der Waals surface area contributed by atoms with Gasteiger partial charge in [0.15, 0.2) is 0 Å². The smallest absolute Gasteiger partial charge is 0.276 e. The number of urea groups is 2. The lowest BCUT2D eigenvalue weighted by Crippen LogP contribution is -2.62. The van der Waals surface area contributed by atoms with Crippen LogP contribution in [0.3, 0.4) is 0 Å². The number of carbonyl (C=O) groups excluding carboxylic acids is 6. The van der Waals surface area contributed by atoms with E-state index in [1.165, 1.54) is 14.1 Å². The lowest BCUT2D eigenvalue weighted by Gasteiger charge is -2.37. The summed E-state index contributed by atoms with van der Waals surface area (Å²) in [6, 6.07) is -1.29. The number of imide groups is 4. The predicted octanol–water partition coefficient (Wildman–Crippen LogP) is 2.40. The third-order valence-electron chi connectivity index (χ3n) is 7.29. The molecule has 2 atom stereocenters. The van der Waals surface area contributed by atoms with Gasteiger partial charge in [-0.05, 0) is 76.4 Å². The van der Waals surface area contributed by atoms with Crippen LogP contribution in [0.1, 0.15) is 65.2 Å². The molecule has 0 bridgehead atoms. The predicted molar refractivity (Wildman–Crippen MR) is 122 cm³/mol. The minimum Gasteiger partial charge on any atom is -0.276 e. The summed E-state index contributed by atoms with van der Waals surface area (Å²) in [5, 5.41) is 4.47. The number of allylic oxidation sites excluding steroid dienone is 2. The maximum atomic E-state index is 12.2. The van der Waals surface area contributed by atoms with Gasteiger partial charge in [-0.25, -0.2) is 9.59 Å². The standard InChI is InChI=1S/2C12H16N2O3/c2*1-12(8-6-4-3-5-7-8)9(15)13-11(17)14(2)10(12)16/h2*6H,3-5,7H2,1-2H3,(H,13,15,17). The number of hydrogen-bond acceptors (Lipinski definition) is 6. The maximum absolute atomic E-state index is 12.2. The van der Waals surface area contributed by atoms with Crippen molar-refractivity contribution in [1.82, 2.24) is 20.4 Å². The van der Waals surface area contributed by atoms with E-state index in [9.17, 15) is 28.8 Å². The Balaban J connectivity index is 0.000000191. The van der Waals surface area contributed by atoms with E-state index in [0.717, 1.165) is 72.3 Å². The summed E-state index contributed by atoms with van der Waals surface area (Å²) < 4.78 is 0. The zero-order valence-corrected chi connectivity index (χ0v) is 20.2. The van der Waals surface area contributed by atoms with E-state index in [2.05, 4.69) is 10.6 Å². The number of amides is 8. The fraction of sp³-hybridized carbons (Fsp3) is 0.583. The van der Waals surface area contributed by atoms with E-state index in [1.807, 2.05) is 12.2 Å². The van der Waals surface area contributed by atoms with Gasteiger partial charge in [0, 0.05) is 14.1 Å². The molecule has 10 nitrogen and oxygen atoms in total. The molecule has 2 unspecified atom stereocenters. The number of rotatable bonds is 2. The van der Waals surface area contributed by atoms with Crippen molar-refractivity contribution in [3.63, 3.8) is 0 Å². The zero-order chi connectivity index (χ0) is 25.3. The molecule has 2 fully saturated rings. The molecule has 10 heteroatoms. The molecule has 4 rings (SSSR count). The summed E-state index contributed by atoms with van der Waals surface area (Å²) in [7, 11) is 2.79. The van der Waals surface area contributed by atoms with Crippen LogP contribution >= 0.6 is 0 Å². The van der Waals surface area contributed by atoms with Gasteiger partial charge in [0.2, 0.25) is 23.6 Å². The Morgan fingerprint density at radius 3 is 1.29 bits per heavy atom. The molecular weight excluding hydrogens is 440 g/mol. The van der Waals surface area contributed by atoms with Gasteiger partial charge in [-0.2, -0.15) is 0 Å². The van der Waals surface area contributed by atoms with Crippen LogP contribution in [0.5, 0.6) is 0 Å². The van der Waals surface area contributed by atoms with Crippen molar-refractivity contribution in [3.8, 4) is 0 Å². The van der Waals surface area contributed by atoms with Gasteiger partial charge in [-0.3, -0.25) is 39.6 Å². The highest BCUT2D eigenvalue weighted by Crippen LogP contribution is 2.38. The number of carbonyl (C=O) groups is 6. The number of nitrogens with zero attached hydrogens (tertiary/aromatic N) is 2. The Labute approximate surface area is 198 Å². The molecule has 8 amide bonds. The Morgan fingerprint density at radius 2 is 1.00 bits per heavy atom. The zero-order valence-electron chi connectivity index (χ0n) is 20.2. The monoisotopic (exact) mass is 472 g/mol. The lowest BCUT2D eigenvalue weighted by atomic mass is 9.74. The molecule has 2 aliphatic carbocycles. The van der Waals surface area contributed by atoms with E-state index in [1.54, 1.807) is 13.8 Å². The van der Waals surface area contributed by atoms with Crippen LogP contribution in [0.25, 0.3) is 0 Å². The third kappa shape index (κ3) is 4.17. The molecule has 2 saturated heterocycles. The van der Waals surface area contributed by atoms with Crippen LogP contribution in [-0.2, 0) is 19.2 Å². The summed E-state index contributed by atoms with van der Waals surface area (Å²) >= 11 is 0. The summed E-state index contributed by atoms with van der Waals surface area (Å²) in [6.45, 7) is 3.20. The van der Waals surface area contributed by atoms with Crippen molar-refractivity contribution in [3.05, 3.63) is 23.3 Å². The van der Waals surface area contributed by atoms with E-state index in [0.29, 0.717) is 0 Å². The van der Waals surface area contributed by atoms with Crippen molar-refractivity contribution < 1.29 is 28.8 Å². The normalized spacial score (nSPS) is 30.1. The Morgan fingerprint density at radius 1 is 0.647 bits per heavy atom. The fourth-order valence-electron chi connectivity index (χ4n) is 4.81. The topological polar surface area (TPSA) is 133 Å². The van der Waals surface area contributed by atoms with Gasteiger partial charge in [-0.1, -0.05) is 12.2 Å². The largest absolute Gasteiger partial charge is 0.330 e. The molecule has 2 heterocycles. The summed E-state index contributed by atoms with van der Waals surface area (Å²) in [5.74, 6) is -1.86.